The van der Waals surface area contributed by atoms with Crippen molar-refractivity contribution in [2.45, 2.75) is 27.2 Å². The Morgan fingerprint density at radius 1 is 1.21 bits per heavy atom. The van der Waals surface area contributed by atoms with Crippen molar-refractivity contribution in [3.8, 4) is 0 Å². The van der Waals surface area contributed by atoms with Crippen LogP contribution in [-0.4, -0.2) is 51.0 Å². The van der Waals surface area contributed by atoms with Crippen molar-refractivity contribution >= 4 is 0 Å². The first-order chi connectivity index (χ1) is 6.93. The van der Waals surface area contributed by atoms with Crippen LogP contribution in [0, 0.1) is 0 Å². The first-order valence-electron chi connectivity index (χ1n) is 5.81. The maximum absolute atomic E-state index is 5.27. The van der Waals surface area contributed by atoms with Gasteiger partial charge in [-0.1, -0.05) is 13.8 Å². The Morgan fingerprint density at radius 2 is 1.86 bits per heavy atom. The molecule has 1 aliphatic rings. The standard InChI is InChI=1S/C9H19NO2.C2H6/c1-2-11-7-3-4-10-5-8-12-9-6-10;1-2/h2-9H2,1H3;1-2H3. The molecule has 0 unspecified atom stereocenters. The first kappa shape index (κ1) is 13.9. The van der Waals surface area contributed by atoms with E-state index in [1.165, 1.54) is 0 Å². The Kier molecular flexibility index (Phi) is 10.9. The number of rotatable bonds is 5. The maximum Gasteiger partial charge on any atom is 0.0594 e. The Bertz CT molecular complexity index is 103. The molecule has 1 heterocycles. The largest absolute Gasteiger partial charge is 0.382 e. The van der Waals surface area contributed by atoms with Crippen molar-refractivity contribution in [2.75, 3.05) is 46.1 Å². The van der Waals surface area contributed by atoms with Gasteiger partial charge in [-0.05, 0) is 13.3 Å². The molecule has 0 aromatic carbocycles. The summed E-state index contributed by atoms with van der Waals surface area (Å²) in [6.07, 6.45) is 1.15. The van der Waals surface area contributed by atoms with E-state index in [1.54, 1.807) is 0 Å². The summed E-state index contributed by atoms with van der Waals surface area (Å²) in [6, 6.07) is 0. The summed E-state index contributed by atoms with van der Waals surface area (Å²) in [5.41, 5.74) is 0. The van der Waals surface area contributed by atoms with Gasteiger partial charge in [0.05, 0.1) is 13.2 Å². The molecule has 0 saturated carbocycles. The second-order valence-corrected chi connectivity index (χ2v) is 3.00. The average Bonchev–Trinajstić information content (AvgIpc) is 2.29. The summed E-state index contributed by atoms with van der Waals surface area (Å²) in [5.74, 6) is 0. The van der Waals surface area contributed by atoms with Gasteiger partial charge >= 0.3 is 0 Å². The summed E-state index contributed by atoms with van der Waals surface area (Å²) in [4.78, 5) is 2.43. The van der Waals surface area contributed by atoms with Crippen molar-refractivity contribution in [3.05, 3.63) is 0 Å². The second kappa shape index (κ2) is 11.0. The number of hydrogen-bond donors (Lipinski definition) is 0. The summed E-state index contributed by atoms with van der Waals surface area (Å²) < 4.78 is 10.5. The molecule has 14 heavy (non-hydrogen) atoms. The van der Waals surface area contributed by atoms with Crippen LogP contribution in [0.25, 0.3) is 0 Å². The summed E-state index contributed by atoms with van der Waals surface area (Å²) in [7, 11) is 0. The third-order valence-electron chi connectivity index (χ3n) is 2.07. The zero-order valence-corrected chi connectivity index (χ0v) is 9.92. The third kappa shape index (κ3) is 7.30. The van der Waals surface area contributed by atoms with E-state index in [2.05, 4.69) is 4.90 Å². The zero-order chi connectivity index (χ0) is 10.6. The fraction of sp³-hybridized carbons (Fsp3) is 1.00. The van der Waals surface area contributed by atoms with Crippen molar-refractivity contribution < 1.29 is 9.47 Å². The van der Waals surface area contributed by atoms with Crippen molar-refractivity contribution in [1.82, 2.24) is 4.90 Å². The van der Waals surface area contributed by atoms with E-state index >= 15 is 0 Å². The molecule has 0 amide bonds. The zero-order valence-electron chi connectivity index (χ0n) is 9.92. The van der Waals surface area contributed by atoms with Gasteiger partial charge in [-0.3, -0.25) is 4.90 Å². The minimum absolute atomic E-state index is 0.836. The van der Waals surface area contributed by atoms with Crippen molar-refractivity contribution in [2.24, 2.45) is 0 Å². The molecule has 3 nitrogen and oxygen atoms in total. The lowest BCUT2D eigenvalue weighted by atomic mass is 10.3. The average molecular weight is 203 g/mol. The normalized spacial score (nSPS) is 17.4. The molecule has 0 bridgehead atoms. The molecule has 1 fully saturated rings. The lowest BCUT2D eigenvalue weighted by molar-refractivity contribution is 0.0325. The molecular formula is C11H25NO2. The molecule has 3 heteroatoms. The molecule has 0 aromatic rings. The van der Waals surface area contributed by atoms with Crippen LogP contribution in [0.1, 0.15) is 27.2 Å². The van der Waals surface area contributed by atoms with Crippen LogP contribution in [-0.2, 0) is 9.47 Å². The van der Waals surface area contributed by atoms with Crippen LogP contribution in [0.5, 0.6) is 0 Å². The summed E-state index contributed by atoms with van der Waals surface area (Å²) in [6.45, 7) is 12.9. The fourth-order valence-corrected chi connectivity index (χ4v) is 1.36. The lowest BCUT2D eigenvalue weighted by Crippen LogP contribution is -2.37. The van der Waals surface area contributed by atoms with Gasteiger partial charge in [0, 0.05) is 32.8 Å². The predicted molar refractivity (Wildman–Crippen MR) is 59.7 cm³/mol. The smallest absolute Gasteiger partial charge is 0.0594 e. The molecule has 0 N–H and O–H groups in total. The van der Waals surface area contributed by atoms with Gasteiger partial charge in [0.15, 0.2) is 0 Å². The quantitative estimate of drug-likeness (QED) is 0.636. The Hall–Kier alpha value is -0.120. The van der Waals surface area contributed by atoms with Gasteiger partial charge in [0.1, 0.15) is 0 Å². The highest BCUT2D eigenvalue weighted by Crippen LogP contribution is 1.97. The monoisotopic (exact) mass is 203 g/mol. The van der Waals surface area contributed by atoms with Crippen molar-refractivity contribution in [1.29, 1.82) is 0 Å². The molecule has 0 spiro atoms. The van der Waals surface area contributed by atoms with Gasteiger partial charge < -0.3 is 9.47 Å². The van der Waals surface area contributed by atoms with E-state index in [-0.39, 0.29) is 0 Å². The molecule has 1 aliphatic heterocycles. The van der Waals surface area contributed by atoms with Crippen LogP contribution in [0.15, 0.2) is 0 Å². The van der Waals surface area contributed by atoms with E-state index in [1.807, 2.05) is 20.8 Å². The van der Waals surface area contributed by atoms with Crippen LogP contribution in [0.2, 0.25) is 0 Å². The highest BCUT2D eigenvalue weighted by molar-refractivity contribution is 4.60. The molecule has 0 aromatic heterocycles. The van der Waals surface area contributed by atoms with Gasteiger partial charge in [0.25, 0.3) is 0 Å². The van der Waals surface area contributed by atoms with E-state index in [0.29, 0.717) is 0 Å². The van der Waals surface area contributed by atoms with Crippen LogP contribution < -0.4 is 0 Å². The summed E-state index contributed by atoms with van der Waals surface area (Å²) >= 11 is 0. The highest BCUT2D eigenvalue weighted by Gasteiger charge is 2.08. The molecule has 1 rings (SSSR count). The van der Waals surface area contributed by atoms with Gasteiger partial charge in [-0.2, -0.15) is 0 Å². The highest BCUT2D eigenvalue weighted by atomic mass is 16.5. The number of hydrogen-bond acceptors (Lipinski definition) is 3. The number of morpholine rings is 1. The minimum atomic E-state index is 0.836. The molecule has 0 atom stereocenters. The van der Waals surface area contributed by atoms with E-state index in [9.17, 15) is 0 Å². The van der Waals surface area contributed by atoms with Gasteiger partial charge in [0.2, 0.25) is 0 Å². The first-order valence-corrected chi connectivity index (χ1v) is 5.81. The fourth-order valence-electron chi connectivity index (χ4n) is 1.36. The number of ether oxygens (including phenoxy) is 2. The van der Waals surface area contributed by atoms with Gasteiger partial charge in [-0.25, -0.2) is 0 Å². The van der Waals surface area contributed by atoms with E-state index < -0.39 is 0 Å². The maximum atomic E-state index is 5.27. The van der Waals surface area contributed by atoms with Gasteiger partial charge in [-0.15, -0.1) is 0 Å². The molecule has 0 aliphatic carbocycles. The lowest BCUT2D eigenvalue weighted by Gasteiger charge is -2.26. The van der Waals surface area contributed by atoms with Crippen LogP contribution >= 0.6 is 0 Å². The minimum Gasteiger partial charge on any atom is -0.382 e. The Labute approximate surface area is 88.4 Å². The second-order valence-electron chi connectivity index (χ2n) is 3.00. The van der Waals surface area contributed by atoms with E-state index in [4.69, 9.17) is 9.47 Å². The van der Waals surface area contributed by atoms with Crippen LogP contribution in [0.4, 0.5) is 0 Å². The summed E-state index contributed by atoms with van der Waals surface area (Å²) in [5, 5.41) is 0. The predicted octanol–water partition coefficient (Wildman–Crippen LogP) is 1.77. The molecule has 0 radical (unpaired) electrons. The Balaban J connectivity index is 0.000000791. The SMILES string of the molecule is CC.CCOCCCN1CCOCC1. The topological polar surface area (TPSA) is 21.7 Å². The molecular weight excluding hydrogens is 178 g/mol. The Morgan fingerprint density at radius 3 is 2.43 bits per heavy atom. The number of nitrogens with zero attached hydrogens (tertiary/aromatic N) is 1. The van der Waals surface area contributed by atoms with Crippen molar-refractivity contribution in [3.63, 3.8) is 0 Å². The molecule has 86 valence electrons. The third-order valence-corrected chi connectivity index (χ3v) is 2.07. The van der Waals surface area contributed by atoms with E-state index in [0.717, 1.165) is 52.5 Å². The van der Waals surface area contributed by atoms with Crippen LogP contribution in [0.3, 0.4) is 0 Å². The molecule has 1 saturated heterocycles.